The standard InChI is InChI=1S/C23H19BO.2C2H6/c1-22(2)18-11-7-6-10-16(18)19-17-12-13-23(3,24)25-21(17)15-9-5-4-8-14(15)20(19)22;2*1-2/h4-13H,1-3H3;2*1-2H3. The summed E-state index contributed by atoms with van der Waals surface area (Å²) in [5, 5.41) is 2.39. The summed E-state index contributed by atoms with van der Waals surface area (Å²) in [5.41, 5.74) is 5.68. The molecule has 0 spiro atoms. The van der Waals surface area contributed by atoms with Crippen molar-refractivity contribution in [2.24, 2.45) is 0 Å². The van der Waals surface area contributed by atoms with E-state index in [4.69, 9.17) is 12.6 Å². The molecule has 0 aromatic heterocycles. The molecule has 3 aromatic carbocycles. The molecular formula is C27H31BO. The Morgan fingerprint density at radius 2 is 1.38 bits per heavy atom. The van der Waals surface area contributed by atoms with Crippen molar-refractivity contribution in [1.29, 1.82) is 0 Å². The Hall–Kier alpha value is -2.48. The minimum Gasteiger partial charge on any atom is -0.492 e. The second kappa shape index (κ2) is 7.74. The van der Waals surface area contributed by atoms with E-state index >= 15 is 0 Å². The molecule has 0 bridgehead atoms. The average Bonchev–Trinajstić information content (AvgIpc) is 2.98. The largest absolute Gasteiger partial charge is 0.492 e. The van der Waals surface area contributed by atoms with Crippen molar-refractivity contribution in [1.82, 2.24) is 0 Å². The molecule has 1 aliphatic carbocycles. The van der Waals surface area contributed by atoms with Crippen molar-refractivity contribution in [3.63, 3.8) is 0 Å². The molecule has 1 heterocycles. The van der Waals surface area contributed by atoms with Crippen LogP contribution in [0.5, 0.6) is 5.75 Å². The van der Waals surface area contributed by atoms with Crippen molar-refractivity contribution in [2.45, 2.75) is 59.4 Å². The van der Waals surface area contributed by atoms with Gasteiger partial charge in [-0.3, -0.25) is 0 Å². The Kier molecular flexibility index (Phi) is 5.67. The van der Waals surface area contributed by atoms with Crippen LogP contribution in [0.1, 0.15) is 65.2 Å². The lowest BCUT2D eigenvalue weighted by atomic mass is 9.77. The predicted octanol–water partition coefficient (Wildman–Crippen LogP) is 7.49. The van der Waals surface area contributed by atoms with Gasteiger partial charge in [-0.25, -0.2) is 0 Å². The van der Waals surface area contributed by atoms with Crippen LogP contribution in [0.25, 0.3) is 28.0 Å². The third-order valence-electron chi connectivity index (χ3n) is 5.60. The van der Waals surface area contributed by atoms with Crippen LogP contribution in [0.4, 0.5) is 0 Å². The van der Waals surface area contributed by atoms with Gasteiger partial charge in [-0.1, -0.05) is 102 Å². The topological polar surface area (TPSA) is 9.23 Å². The summed E-state index contributed by atoms with van der Waals surface area (Å²) in [4.78, 5) is 0. The lowest BCUT2D eigenvalue weighted by Crippen LogP contribution is -2.32. The second-order valence-corrected chi connectivity index (χ2v) is 7.83. The van der Waals surface area contributed by atoms with E-state index in [1.54, 1.807) is 0 Å². The zero-order valence-corrected chi connectivity index (χ0v) is 18.8. The average molecular weight is 382 g/mol. The quantitative estimate of drug-likeness (QED) is 0.366. The van der Waals surface area contributed by atoms with Gasteiger partial charge < -0.3 is 4.74 Å². The molecule has 5 rings (SSSR count). The molecule has 29 heavy (non-hydrogen) atoms. The fourth-order valence-corrected chi connectivity index (χ4v) is 4.51. The molecule has 2 heteroatoms. The van der Waals surface area contributed by atoms with Gasteiger partial charge in [0.15, 0.2) is 0 Å². The smallest absolute Gasteiger partial charge is 0.137 e. The number of hydrogen-bond donors (Lipinski definition) is 0. The van der Waals surface area contributed by atoms with Crippen LogP contribution in [-0.2, 0) is 5.41 Å². The first-order valence-electron chi connectivity index (χ1n) is 10.8. The highest BCUT2D eigenvalue weighted by atomic mass is 16.5. The first kappa shape index (κ1) is 21.2. The lowest BCUT2D eigenvalue weighted by Gasteiger charge is -2.32. The van der Waals surface area contributed by atoms with Crippen molar-refractivity contribution < 1.29 is 4.74 Å². The van der Waals surface area contributed by atoms with E-state index in [0.29, 0.717) is 0 Å². The van der Waals surface area contributed by atoms with Crippen LogP contribution in [0, 0.1) is 0 Å². The fourth-order valence-electron chi connectivity index (χ4n) is 4.51. The van der Waals surface area contributed by atoms with Crippen molar-refractivity contribution in [2.75, 3.05) is 0 Å². The molecule has 0 saturated carbocycles. The summed E-state index contributed by atoms with van der Waals surface area (Å²) in [6.07, 6.45) is 4.10. The number of hydrogen-bond acceptors (Lipinski definition) is 1. The zero-order valence-electron chi connectivity index (χ0n) is 18.8. The Balaban J connectivity index is 0.000000568. The van der Waals surface area contributed by atoms with Crippen LogP contribution < -0.4 is 4.74 Å². The monoisotopic (exact) mass is 382 g/mol. The van der Waals surface area contributed by atoms with Gasteiger partial charge in [-0.05, 0) is 34.6 Å². The van der Waals surface area contributed by atoms with E-state index in [2.05, 4.69) is 68.5 Å². The van der Waals surface area contributed by atoms with Crippen LogP contribution in [0.15, 0.2) is 54.6 Å². The molecule has 1 nitrogen and oxygen atoms in total. The van der Waals surface area contributed by atoms with Gasteiger partial charge in [0.25, 0.3) is 0 Å². The molecule has 2 aliphatic rings. The van der Waals surface area contributed by atoms with Crippen molar-refractivity contribution in [3.05, 3.63) is 71.3 Å². The minimum atomic E-state index is -0.780. The van der Waals surface area contributed by atoms with Gasteiger partial charge in [0.1, 0.15) is 13.6 Å². The highest BCUT2D eigenvalue weighted by Gasteiger charge is 2.40. The summed E-state index contributed by atoms with van der Waals surface area (Å²) in [6.45, 7) is 14.5. The molecule has 3 aromatic rings. The maximum Gasteiger partial charge on any atom is 0.137 e. The Morgan fingerprint density at radius 3 is 2.07 bits per heavy atom. The van der Waals surface area contributed by atoms with Gasteiger partial charge in [0, 0.05) is 16.4 Å². The van der Waals surface area contributed by atoms with Gasteiger partial charge in [-0.15, -0.1) is 0 Å². The summed E-state index contributed by atoms with van der Waals surface area (Å²) >= 11 is 0. The molecule has 1 unspecified atom stereocenters. The predicted molar refractivity (Wildman–Crippen MR) is 128 cm³/mol. The maximum absolute atomic E-state index is 6.27. The maximum atomic E-state index is 6.27. The highest BCUT2D eigenvalue weighted by molar-refractivity contribution is 6.17. The number of rotatable bonds is 0. The van der Waals surface area contributed by atoms with Gasteiger partial charge in [0.2, 0.25) is 0 Å². The third kappa shape index (κ3) is 3.19. The summed E-state index contributed by atoms with van der Waals surface area (Å²) < 4.78 is 6.23. The van der Waals surface area contributed by atoms with Crippen molar-refractivity contribution >= 4 is 24.7 Å². The van der Waals surface area contributed by atoms with E-state index in [1.807, 2.05) is 40.7 Å². The molecule has 1 aliphatic heterocycles. The number of fused-ring (bicyclic) bond motifs is 8. The van der Waals surface area contributed by atoms with Gasteiger partial charge in [0.05, 0.1) is 5.50 Å². The molecule has 1 atom stereocenters. The minimum absolute atomic E-state index is 0.0438. The normalized spacial score (nSPS) is 19.6. The SMILES string of the molecule is CC.CC.[B]C1(C)C=Cc2c3c(c4ccccc4c2O1)C(C)(C)c1ccccc1-3. The second-order valence-electron chi connectivity index (χ2n) is 7.83. The Morgan fingerprint density at radius 1 is 0.793 bits per heavy atom. The van der Waals surface area contributed by atoms with Gasteiger partial charge in [-0.2, -0.15) is 0 Å². The molecule has 2 radical (unpaired) electrons. The van der Waals surface area contributed by atoms with E-state index in [0.717, 1.165) is 16.7 Å². The molecule has 148 valence electrons. The summed E-state index contributed by atoms with van der Waals surface area (Å²) in [5.74, 6) is 0.898. The third-order valence-corrected chi connectivity index (χ3v) is 5.60. The molecule has 0 N–H and O–H groups in total. The van der Waals surface area contributed by atoms with Gasteiger partial charge >= 0.3 is 0 Å². The first-order chi connectivity index (χ1) is 13.9. The van der Waals surface area contributed by atoms with E-state index in [-0.39, 0.29) is 5.41 Å². The van der Waals surface area contributed by atoms with Crippen LogP contribution in [0.2, 0.25) is 0 Å². The van der Waals surface area contributed by atoms with Crippen molar-refractivity contribution in [3.8, 4) is 16.9 Å². The number of benzene rings is 3. The highest BCUT2D eigenvalue weighted by Crippen LogP contribution is 2.56. The van der Waals surface area contributed by atoms with E-state index in [1.165, 1.54) is 27.6 Å². The molecule has 0 fully saturated rings. The van der Waals surface area contributed by atoms with Crippen LogP contribution >= 0.6 is 0 Å². The van der Waals surface area contributed by atoms with E-state index in [9.17, 15) is 0 Å². The van der Waals surface area contributed by atoms with E-state index < -0.39 is 5.50 Å². The zero-order chi connectivity index (χ0) is 21.4. The summed E-state index contributed by atoms with van der Waals surface area (Å²) in [6, 6.07) is 17.2. The molecular weight excluding hydrogens is 351 g/mol. The number of ether oxygens (including phenoxy) is 1. The first-order valence-corrected chi connectivity index (χ1v) is 10.8. The Bertz CT molecular complexity index is 1070. The Labute approximate surface area is 177 Å². The van der Waals surface area contributed by atoms with Crippen LogP contribution in [0.3, 0.4) is 0 Å². The molecule has 0 amide bonds. The lowest BCUT2D eigenvalue weighted by molar-refractivity contribution is 0.227. The fraction of sp³-hybridized carbons (Fsp3) is 0.333. The van der Waals surface area contributed by atoms with Crippen LogP contribution in [-0.4, -0.2) is 13.3 Å². The molecule has 0 saturated heterocycles. The summed E-state index contributed by atoms with van der Waals surface area (Å²) in [7, 11) is 6.27.